The van der Waals surface area contributed by atoms with E-state index in [1.165, 1.54) is 0 Å². The van der Waals surface area contributed by atoms with Crippen LogP contribution in [0, 0.1) is 0 Å². The molecule has 0 amide bonds. The summed E-state index contributed by atoms with van der Waals surface area (Å²) in [5.41, 5.74) is 0. The van der Waals surface area contributed by atoms with E-state index in [2.05, 4.69) is 18.8 Å². The van der Waals surface area contributed by atoms with Gasteiger partial charge in [-0.2, -0.15) is 0 Å². The number of rotatable bonds is 6. The standard InChI is InChI=1S/C11H21N3O2S/c1-4-7-10-13-11(17(12,15)16)8-14(10)9(5-2)6-3/h8-9H,4-7H2,1-3H3,(H2,12,15,16). The second-order valence-electron chi connectivity index (χ2n) is 4.17. The molecule has 0 atom stereocenters. The zero-order valence-electron chi connectivity index (χ0n) is 10.7. The minimum atomic E-state index is -3.70. The Labute approximate surface area is 103 Å². The third-order valence-electron chi connectivity index (χ3n) is 2.89. The molecule has 17 heavy (non-hydrogen) atoms. The molecular formula is C11H21N3O2S. The van der Waals surface area contributed by atoms with Gasteiger partial charge in [0.15, 0.2) is 5.03 Å². The molecule has 0 spiro atoms. The first-order valence-electron chi connectivity index (χ1n) is 6.04. The number of sulfonamides is 1. The summed E-state index contributed by atoms with van der Waals surface area (Å²) in [5, 5.41) is 5.09. The molecule has 0 saturated heterocycles. The van der Waals surface area contributed by atoms with E-state index in [1.807, 2.05) is 11.5 Å². The van der Waals surface area contributed by atoms with Gasteiger partial charge >= 0.3 is 0 Å². The van der Waals surface area contributed by atoms with Gasteiger partial charge < -0.3 is 4.57 Å². The summed E-state index contributed by atoms with van der Waals surface area (Å²) >= 11 is 0. The van der Waals surface area contributed by atoms with Crippen LogP contribution in [-0.4, -0.2) is 18.0 Å². The molecule has 6 heteroatoms. The second kappa shape index (κ2) is 5.64. The van der Waals surface area contributed by atoms with E-state index in [4.69, 9.17) is 5.14 Å². The fourth-order valence-corrected chi connectivity index (χ4v) is 2.44. The van der Waals surface area contributed by atoms with Crippen LogP contribution in [0.2, 0.25) is 0 Å². The van der Waals surface area contributed by atoms with Gasteiger partial charge in [-0.05, 0) is 19.3 Å². The Balaban J connectivity index is 3.22. The van der Waals surface area contributed by atoms with Crippen molar-refractivity contribution < 1.29 is 8.42 Å². The number of primary sulfonamides is 1. The van der Waals surface area contributed by atoms with Crippen LogP contribution in [-0.2, 0) is 16.4 Å². The van der Waals surface area contributed by atoms with E-state index >= 15 is 0 Å². The normalized spacial score (nSPS) is 12.3. The molecule has 0 bridgehead atoms. The lowest BCUT2D eigenvalue weighted by molar-refractivity contribution is 0.453. The molecule has 0 aliphatic heterocycles. The monoisotopic (exact) mass is 259 g/mol. The molecule has 0 aliphatic carbocycles. The minimum absolute atomic E-state index is 0.0205. The van der Waals surface area contributed by atoms with Gasteiger partial charge in [-0.25, -0.2) is 18.5 Å². The predicted molar refractivity (Wildman–Crippen MR) is 67.2 cm³/mol. The van der Waals surface area contributed by atoms with E-state index in [0.29, 0.717) is 6.04 Å². The third-order valence-corrected chi connectivity index (χ3v) is 3.67. The molecule has 1 heterocycles. The first-order valence-corrected chi connectivity index (χ1v) is 7.59. The van der Waals surface area contributed by atoms with Crippen molar-refractivity contribution in [2.75, 3.05) is 0 Å². The average molecular weight is 259 g/mol. The summed E-state index contributed by atoms with van der Waals surface area (Å²) in [5.74, 6) is 0.810. The van der Waals surface area contributed by atoms with Crippen molar-refractivity contribution >= 4 is 10.0 Å². The maximum Gasteiger partial charge on any atom is 0.257 e. The summed E-state index contributed by atoms with van der Waals surface area (Å²) < 4.78 is 24.6. The van der Waals surface area contributed by atoms with Crippen LogP contribution in [0.3, 0.4) is 0 Å². The molecule has 1 aromatic rings. The molecule has 0 aliphatic rings. The molecule has 98 valence electrons. The molecule has 0 saturated carbocycles. The minimum Gasteiger partial charge on any atom is -0.330 e. The maximum absolute atomic E-state index is 11.3. The van der Waals surface area contributed by atoms with Crippen LogP contribution in [0.4, 0.5) is 0 Å². The molecule has 5 nitrogen and oxygen atoms in total. The Hall–Kier alpha value is -0.880. The summed E-state index contributed by atoms with van der Waals surface area (Å²) in [6.07, 6.45) is 5.17. The number of aromatic nitrogens is 2. The van der Waals surface area contributed by atoms with Crippen molar-refractivity contribution in [3.05, 3.63) is 12.0 Å². The van der Waals surface area contributed by atoms with Gasteiger partial charge in [0.1, 0.15) is 5.82 Å². The molecule has 1 aromatic heterocycles. The molecule has 2 N–H and O–H groups in total. The van der Waals surface area contributed by atoms with E-state index < -0.39 is 10.0 Å². The summed E-state index contributed by atoms with van der Waals surface area (Å²) in [7, 11) is -3.70. The van der Waals surface area contributed by atoms with Gasteiger partial charge in [-0.1, -0.05) is 20.8 Å². The van der Waals surface area contributed by atoms with Gasteiger partial charge in [0.2, 0.25) is 0 Å². The Bertz CT molecular complexity index is 461. The van der Waals surface area contributed by atoms with E-state index in [-0.39, 0.29) is 5.03 Å². The largest absolute Gasteiger partial charge is 0.330 e. The smallest absolute Gasteiger partial charge is 0.257 e. The van der Waals surface area contributed by atoms with E-state index in [9.17, 15) is 8.42 Å². The highest BCUT2D eigenvalue weighted by molar-refractivity contribution is 7.89. The quantitative estimate of drug-likeness (QED) is 0.846. The average Bonchev–Trinajstić information content (AvgIpc) is 2.65. The van der Waals surface area contributed by atoms with Gasteiger partial charge in [0.25, 0.3) is 10.0 Å². The zero-order chi connectivity index (χ0) is 13.1. The van der Waals surface area contributed by atoms with Gasteiger partial charge in [-0.15, -0.1) is 0 Å². The van der Waals surface area contributed by atoms with Crippen LogP contribution < -0.4 is 5.14 Å². The number of nitrogens with zero attached hydrogens (tertiary/aromatic N) is 2. The number of imidazole rings is 1. The van der Waals surface area contributed by atoms with Crippen molar-refractivity contribution in [1.29, 1.82) is 0 Å². The van der Waals surface area contributed by atoms with Gasteiger partial charge in [0, 0.05) is 18.7 Å². The van der Waals surface area contributed by atoms with E-state index in [1.54, 1.807) is 6.20 Å². The van der Waals surface area contributed by atoms with Crippen LogP contribution in [0.1, 0.15) is 51.9 Å². The molecule has 0 radical (unpaired) electrons. The third kappa shape index (κ3) is 3.29. The SMILES string of the molecule is CCCc1nc(S(N)(=O)=O)cn1C(CC)CC. The number of hydrogen-bond acceptors (Lipinski definition) is 3. The summed E-state index contributed by atoms with van der Waals surface area (Å²) in [6.45, 7) is 6.21. The molecule has 0 unspecified atom stereocenters. The van der Waals surface area contributed by atoms with Crippen molar-refractivity contribution in [2.24, 2.45) is 5.14 Å². The second-order valence-corrected chi connectivity index (χ2v) is 5.68. The highest BCUT2D eigenvalue weighted by atomic mass is 32.2. The summed E-state index contributed by atoms with van der Waals surface area (Å²) in [6, 6.07) is 0.291. The Morgan fingerprint density at radius 1 is 1.35 bits per heavy atom. The van der Waals surface area contributed by atoms with Gasteiger partial charge in [0.05, 0.1) is 0 Å². The lowest BCUT2D eigenvalue weighted by Crippen LogP contribution is -2.12. The highest BCUT2D eigenvalue weighted by Crippen LogP contribution is 2.21. The van der Waals surface area contributed by atoms with Crippen LogP contribution >= 0.6 is 0 Å². The maximum atomic E-state index is 11.3. The Morgan fingerprint density at radius 3 is 2.35 bits per heavy atom. The number of nitrogens with two attached hydrogens (primary N) is 1. The predicted octanol–water partition coefficient (Wildman–Crippen LogP) is 1.84. The highest BCUT2D eigenvalue weighted by Gasteiger charge is 2.19. The van der Waals surface area contributed by atoms with Crippen LogP contribution in [0.15, 0.2) is 11.2 Å². The Kier molecular flexibility index (Phi) is 4.70. The first-order chi connectivity index (χ1) is 7.93. The van der Waals surface area contributed by atoms with Gasteiger partial charge in [-0.3, -0.25) is 0 Å². The molecule has 0 aromatic carbocycles. The van der Waals surface area contributed by atoms with Crippen LogP contribution in [0.5, 0.6) is 0 Å². The fraction of sp³-hybridized carbons (Fsp3) is 0.727. The van der Waals surface area contributed by atoms with Crippen molar-refractivity contribution in [3.63, 3.8) is 0 Å². The number of aryl methyl sites for hydroxylation is 1. The lowest BCUT2D eigenvalue weighted by atomic mass is 10.1. The molecule has 1 rings (SSSR count). The van der Waals surface area contributed by atoms with Crippen molar-refractivity contribution in [3.8, 4) is 0 Å². The van der Waals surface area contributed by atoms with Crippen molar-refractivity contribution in [1.82, 2.24) is 9.55 Å². The topological polar surface area (TPSA) is 78.0 Å². The van der Waals surface area contributed by atoms with Crippen molar-refractivity contribution in [2.45, 2.75) is 57.5 Å². The summed E-state index contributed by atoms with van der Waals surface area (Å²) in [4.78, 5) is 4.14. The fourth-order valence-electron chi connectivity index (χ4n) is 1.95. The van der Waals surface area contributed by atoms with E-state index in [0.717, 1.165) is 31.5 Å². The molecule has 0 fully saturated rings. The number of hydrogen-bond donors (Lipinski definition) is 1. The molecular weight excluding hydrogens is 238 g/mol. The zero-order valence-corrected chi connectivity index (χ0v) is 11.5. The Morgan fingerprint density at radius 2 is 1.94 bits per heavy atom. The lowest BCUT2D eigenvalue weighted by Gasteiger charge is -2.16. The van der Waals surface area contributed by atoms with Crippen LogP contribution in [0.25, 0.3) is 0 Å². The first kappa shape index (κ1) is 14.2.